The van der Waals surface area contributed by atoms with Crippen molar-refractivity contribution in [2.75, 3.05) is 0 Å². The fraction of sp³-hybridized carbons (Fsp3) is 0.200. The van der Waals surface area contributed by atoms with Gasteiger partial charge in [0.25, 0.3) is 5.56 Å². The van der Waals surface area contributed by atoms with Crippen molar-refractivity contribution in [1.29, 1.82) is 0 Å². The summed E-state index contributed by atoms with van der Waals surface area (Å²) >= 11 is 3.30. The molecule has 1 N–H and O–H groups in total. The molecule has 2 heterocycles. The van der Waals surface area contributed by atoms with Crippen LogP contribution >= 0.6 is 15.9 Å². The fourth-order valence-electron chi connectivity index (χ4n) is 2.15. The number of benzene rings is 1. The number of nitrogens with zero attached hydrogens (tertiary/aromatic N) is 1. The summed E-state index contributed by atoms with van der Waals surface area (Å²) in [6, 6.07) is 7.68. The number of fused-ring (bicyclic) bond motifs is 1. The largest absolute Gasteiger partial charge is 0.464 e. The Labute approximate surface area is 124 Å². The van der Waals surface area contributed by atoms with Crippen molar-refractivity contribution >= 4 is 26.9 Å². The van der Waals surface area contributed by atoms with Gasteiger partial charge in [-0.05, 0) is 27.9 Å². The third kappa shape index (κ3) is 2.08. The van der Waals surface area contributed by atoms with Crippen LogP contribution in [-0.2, 0) is 0 Å². The van der Waals surface area contributed by atoms with E-state index in [2.05, 4.69) is 25.9 Å². The first-order valence-corrected chi connectivity index (χ1v) is 7.13. The lowest BCUT2D eigenvalue weighted by Crippen LogP contribution is -2.14. The summed E-state index contributed by atoms with van der Waals surface area (Å²) in [6.07, 6.45) is 1.63. The summed E-state index contributed by atoms with van der Waals surface area (Å²) in [7, 11) is 0. The Morgan fingerprint density at radius 3 is 2.80 bits per heavy atom. The number of para-hydroxylation sites is 1. The SMILES string of the molecule is CC(C)c1nc(-c2coc3ccccc23)[nH]c(=O)c1Br. The molecule has 0 aliphatic carbocycles. The van der Waals surface area contributed by atoms with E-state index in [9.17, 15) is 4.79 Å². The summed E-state index contributed by atoms with van der Waals surface area (Å²) in [5.74, 6) is 0.690. The predicted molar refractivity (Wildman–Crippen MR) is 81.9 cm³/mol. The van der Waals surface area contributed by atoms with Crippen LogP contribution in [0.25, 0.3) is 22.4 Å². The molecule has 1 aromatic carbocycles. The van der Waals surface area contributed by atoms with Crippen LogP contribution in [0.4, 0.5) is 0 Å². The van der Waals surface area contributed by atoms with Crippen LogP contribution in [0, 0.1) is 0 Å². The van der Waals surface area contributed by atoms with Gasteiger partial charge in [-0.15, -0.1) is 0 Å². The van der Waals surface area contributed by atoms with E-state index in [1.54, 1.807) is 6.26 Å². The van der Waals surface area contributed by atoms with Crippen molar-refractivity contribution in [2.45, 2.75) is 19.8 Å². The first-order chi connectivity index (χ1) is 9.58. The van der Waals surface area contributed by atoms with E-state index < -0.39 is 0 Å². The normalized spacial score (nSPS) is 11.4. The van der Waals surface area contributed by atoms with Crippen molar-refractivity contribution in [3.8, 4) is 11.4 Å². The van der Waals surface area contributed by atoms with Crippen molar-refractivity contribution in [3.63, 3.8) is 0 Å². The topological polar surface area (TPSA) is 58.9 Å². The lowest BCUT2D eigenvalue weighted by Gasteiger charge is -2.08. The molecule has 20 heavy (non-hydrogen) atoms. The molecule has 0 saturated carbocycles. The standard InChI is InChI=1S/C15H13BrN2O2/c1-8(2)13-12(16)15(19)18-14(17-13)10-7-20-11-6-4-3-5-9(10)11/h3-8H,1-2H3,(H,17,18,19). The average molecular weight is 333 g/mol. The molecule has 0 bridgehead atoms. The van der Waals surface area contributed by atoms with E-state index in [0.717, 1.165) is 22.2 Å². The molecule has 5 heteroatoms. The van der Waals surface area contributed by atoms with Gasteiger partial charge in [0, 0.05) is 5.39 Å². The monoisotopic (exact) mass is 332 g/mol. The number of rotatable bonds is 2. The van der Waals surface area contributed by atoms with Crippen LogP contribution in [0.15, 0.2) is 44.2 Å². The molecule has 3 rings (SSSR count). The third-order valence-electron chi connectivity index (χ3n) is 3.17. The van der Waals surface area contributed by atoms with Gasteiger partial charge >= 0.3 is 0 Å². The van der Waals surface area contributed by atoms with Gasteiger partial charge in [-0.3, -0.25) is 4.79 Å². The van der Waals surface area contributed by atoms with Crippen LogP contribution in [0.3, 0.4) is 0 Å². The quantitative estimate of drug-likeness (QED) is 0.769. The Kier molecular flexibility index (Phi) is 3.22. The summed E-state index contributed by atoms with van der Waals surface area (Å²) in [5.41, 5.74) is 2.14. The maximum Gasteiger partial charge on any atom is 0.265 e. The minimum absolute atomic E-state index is 0.156. The number of nitrogens with one attached hydrogen (secondary N) is 1. The first-order valence-electron chi connectivity index (χ1n) is 6.34. The average Bonchev–Trinajstić information content (AvgIpc) is 2.85. The lowest BCUT2D eigenvalue weighted by atomic mass is 10.1. The lowest BCUT2D eigenvalue weighted by molar-refractivity contribution is 0.616. The van der Waals surface area contributed by atoms with Gasteiger partial charge in [0.15, 0.2) is 0 Å². The van der Waals surface area contributed by atoms with E-state index in [-0.39, 0.29) is 11.5 Å². The number of H-pyrrole nitrogens is 1. The number of hydrogen-bond acceptors (Lipinski definition) is 3. The van der Waals surface area contributed by atoms with E-state index >= 15 is 0 Å². The predicted octanol–water partition coefficient (Wildman–Crippen LogP) is 4.07. The van der Waals surface area contributed by atoms with Crippen LogP contribution in [-0.4, -0.2) is 9.97 Å². The Morgan fingerprint density at radius 2 is 2.05 bits per heavy atom. The Morgan fingerprint density at radius 1 is 1.30 bits per heavy atom. The molecule has 102 valence electrons. The van der Waals surface area contributed by atoms with Crippen molar-refractivity contribution in [1.82, 2.24) is 9.97 Å². The summed E-state index contributed by atoms with van der Waals surface area (Å²) in [4.78, 5) is 19.4. The Bertz CT molecular complexity index is 833. The number of furan rings is 1. The van der Waals surface area contributed by atoms with E-state index in [1.807, 2.05) is 38.1 Å². The third-order valence-corrected chi connectivity index (χ3v) is 3.94. The molecule has 0 aliphatic heterocycles. The van der Waals surface area contributed by atoms with Gasteiger partial charge in [0.05, 0.1) is 11.3 Å². The van der Waals surface area contributed by atoms with Gasteiger partial charge in [-0.25, -0.2) is 4.98 Å². The van der Waals surface area contributed by atoms with Gasteiger partial charge in [-0.2, -0.15) is 0 Å². The van der Waals surface area contributed by atoms with Crippen LogP contribution in [0.2, 0.25) is 0 Å². The molecular weight excluding hydrogens is 320 g/mol. The highest BCUT2D eigenvalue weighted by Crippen LogP contribution is 2.29. The second kappa shape index (κ2) is 4.90. The summed E-state index contributed by atoms with van der Waals surface area (Å²) in [6.45, 7) is 4.01. The van der Waals surface area contributed by atoms with Crippen molar-refractivity contribution in [3.05, 3.63) is 51.0 Å². The number of aromatic amines is 1. The maximum absolute atomic E-state index is 12.0. The second-order valence-corrected chi connectivity index (χ2v) is 5.71. The molecule has 0 saturated heterocycles. The Balaban J connectivity index is 2.27. The smallest absolute Gasteiger partial charge is 0.265 e. The summed E-state index contributed by atoms with van der Waals surface area (Å²) < 4.78 is 5.99. The van der Waals surface area contributed by atoms with Crippen molar-refractivity contribution in [2.24, 2.45) is 0 Å². The van der Waals surface area contributed by atoms with Gasteiger partial charge in [0.2, 0.25) is 0 Å². The zero-order valence-corrected chi connectivity index (χ0v) is 12.7. The number of halogens is 1. The van der Waals surface area contributed by atoms with E-state index in [1.165, 1.54) is 0 Å². The van der Waals surface area contributed by atoms with Crippen LogP contribution in [0.1, 0.15) is 25.5 Å². The highest BCUT2D eigenvalue weighted by atomic mass is 79.9. The molecule has 3 aromatic rings. The molecule has 0 aliphatic rings. The van der Waals surface area contributed by atoms with E-state index in [0.29, 0.717) is 10.3 Å². The second-order valence-electron chi connectivity index (χ2n) is 4.91. The molecule has 0 unspecified atom stereocenters. The fourth-order valence-corrected chi connectivity index (χ4v) is 2.79. The van der Waals surface area contributed by atoms with Crippen LogP contribution < -0.4 is 5.56 Å². The maximum atomic E-state index is 12.0. The molecule has 0 atom stereocenters. The zero-order chi connectivity index (χ0) is 14.3. The van der Waals surface area contributed by atoms with Crippen LogP contribution in [0.5, 0.6) is 0 Å². The molecule has 2 aromatic heterocycles. The minimum atomic E-state index is -0.177. The zero-order valence-electron chi connectivity index (χ0n) is 11.1. The Hall–Kier alpha value is -1.88. The number of aromatic nitrogens is 2. The van der Waals surface area contributed by atoms with E-state index in [4.69, 9.17) is 4.42 Å². The molecule has 0 fully saturated rings. The number of hydrogen-bond donors (Lipinski definition) is 1. The minimum Gasteiger partial charge on any atom is -0.464 e. The molecule has 0 spiro atoms. The molecule has 4 nitrogen and oxygen atoms in total. The van der Waals surface area contributed by atoms with Gasteiger partial charge in [0.1, 0.15) is 22.1 Å². The summed E-state index contributed by atoms with van der Waals surface area (Å²) in [5, 5.41) is 0.938. The molecule has 0 radical (unpaired) electrons. The first kappa shape index (κ1) is 13.1. The van der Waals surface area contributed by atoms with Gasteiger partial charge in [-0.1, -0.05) is 32.0 Å². The molecule has 0 amide bonds. The van der Waals surface area contributed by atoms with Gasteiger partial charge < -0.3 is 9.40 Å². The highest BCUT2D eigenvalue weighted by Gasteiger charge is 2.16. The highest BCUT2D eigenvalue weighted by molar-refractivity contribution is 9.10. The van der Waals surface area contributed by atoms with Crippen molar-refractivity contribution < 1.29 is 4.42 Å². The molecular formula is C15H13BrN2O2.